The Kier molecular flexibility index (Phi) is 6.09. The zero-order valence-electron chi connectivity index (χ0n) is 5.35. The molecule has 0 aliphatic carbocycles. The highest BCUT2D eigenvalue weighted by Gasteiger charge is 1.70. The predicted octanol–water partition coefficient (Wildman–Crippen LogP) is 0.458. The van der Waals surface area contributed by atoms with Crippen LogP contribution in [0.25, 0.3) is 0 Å². The molecule has 2 nitrogen and oxygen atoms in total. The second kappa shape index (κ2) is 6.50. The van der Waals surface area contributed by atoms with Gasteiger partial charge in [-0.3, -0.25) is 0 Å². The van der Waals surface area contributed by atoms with E-state index in [0.717, 1.165) is 13.0 Å². The third kappa shape index (κ3) is 5.50. The lowest BCUT2D eigenvalue weighted by molar-refractivity contribution is 0.838. The molecule has 0 saturated carbocycles. The summed E-state index contributed by atoms with van der Waals surface area (Å²) >= 11 is 0. The summed E-state index contributed by atoms with van der Waals surface area (Å²) in [5.41, 5.74) is 5.21. The Bertz CT molecular complexity index is 59.5. The smallest absolute Gasteiger partial charge is 0.0264 e. The number of hydrogen-bond donors (Lipinski definition) is 2. The monoisotopic (exact) mass is 114 g/mol. The van der Waals surface area contributed by atoms with Crippen molar-refractivity contribution in [2.75, 3.05) is 13.1 Å². The molecule has 0 aromatic carbocycles. The summed E-state index contributed by atoms with van der Waals surface area (Å²) in [5.74, 6) is 0. The van der Waals surface area contributed by atoms with Gasteiger partial charge >= 0.3 is 0 Å². The van der Waals surface area contributed by atoms with Gasteiger partial charge in [0.15, 0.2) is 0 Å². The lowest BCUT2D eigenvalue weighted by atomic mass is 10.5. The first-order valence-electron chi connectivity index (χ1n) is 3.00. The molecular formula is C6H14N2. The van der Waals surface area contributed by atoms with Gasteiger partial charge in [-0.05, 0) is 12.6 Å². The molecule has 0 saturated heterocycles. The number of hydrogen-bond acceptors (Lipinski definition) is 2. The molecule has 0 bridgehead atoms. The van der Waals surface area contributed by atoms with Gasteiger partial charge in [0, 0.05) is 13.1 Å². The van der Waals surface area contributed by atoms with Crippen LogP contribution in [-0.2, 0) is 0 Å². The van der Waals surface area contributed by atoms with Crippen LogP contribution in [-0.4, -0.2) is 13.1 Å². The van der Waals surface area contributed by atoms with Crippen LogP contribution in [0, 0.1) is 0 Å². The second-order valence-corrected chi connectivity index (χ2v) is 1.55. The number of nitrogens with one attached hydrogen (secondary N) is 1. The van der Waals surface area contributed by atoms with Crippen molar-refractivity contribution in [1.29, 1.82) is 0 Å². The predicted molar refractivity (Wildman–Crippen MR) is 36.5 cm³/mol. The number of allylic oxidation sites excluding steroid dienone is 1. The van der Waals surface area contributed by atoms with Crippen molar-refractivity contribution in [1.82, 2.24) is 5.32 Å². The van der Waals surface area contributed by atoms with E-state index in [1.165, 1.54) is 0 Å². The van der Waals surface area contributed by atoms with E-state index in [4.69, 9.17) is 5.73 Å². The quantitative estimate of drug-likeness (QED) is 0.521. The van der Waals surface area contributed by atoms with Gasteiger partial charge in [0.2, 0.25) is 0 Å². The molecule has 0 fully saturated rings. The van der Waals surface area contributed by atoms with E-state index in [1.807, 2.05) is 6.20 Å². The van der Waals surface area contributed by atoms with Gasteiger partial charge in [-0.2, -0.15) is 0 Å². The van der Waals surface area contributed by atoms with Gasteiger partial charge in [0.05, 0.1) is 0 Å². The van der Waals surface area contributed by atoms with E-state index in [-0.39, 0.29) is 0 Å². The Morgan fingerprint density at radius 3 is 2.88 bits per heavy atom. The minimum absolute atomic E-state index is 0.702. The standard InChI is InChI=1S/C6H14N2/c1-2-3-5-8-6-4-7/h3,5,8H,2,4,6-7H2,1H3/b5-3-. The van der Waals surface area contributed by atoms with Crippen molar-refractivity contribution in [2.45, 2.75) is 13.3 Å². The second-order valence-electron chi connectivity index (χ2n) is 1.55. The van der Waals surface area contributed by atoms with Crippen LogP contribution in [0.3, 0.4) is 0 Å². The third-order valence-corrected chi connectivity index (χ3v) is 0.760. The van der Waals surface area contributed by atoms with Crippen molar-refractivity contribution in [2.24, 2.45) is 5.73 Å². The Labute approximate surface area is 50.8 Å². The SMILES string of the molecule is CC/C=C\NCCN. The van der Waals surface area contributed by atoms with Gasteiger partial charge in [-0.15, -0.1) is 0 Å². The average Bonchev–Trinajstić information content (AvgIpc) is 1.81. The van der Waals surface area contributed by atoms with E-state index in [9.17, 15) is 0 Å². The van der Waals surface area contributed by atoms with Gasteiger partial charge < -0.3 is 11.1 Å². The van der Waals surface area contributed by atoms with Crippen LogP contribution in [0.4, 0.5) is 0 Å². The molecule has 0 aromatic rings. The maximum Gasteiger partial charge on any atom is 0.0264 e. The van der Waals surface area contributed by atoms with Crippen LogP contribution in [0.1, 0.15) is 13.3 Å². The van der Waals surface area contributed by atoms with Crippen molar-refractivity contribution < 1.29 is 0 Å². The lowest BCUT2D eigenvalue weighted by Gasteiger charge is -1.92. The van der Waals surface area contributed by atoms with Gasteiger partial charge in [0.1, 0.15) is 0 Å². The fraction of sp³-hybridized carbons (Fsp3) is 0.667. The van der Waals surface area contributed by atoms with E-state index in [1.54, 1.807) is 0 Å². The van der Waals surface area contributed by atoms with Crippen molar-refractivity contribution in [3.8, 4) is 0 Å². The normalized spacial score (nSPS) is 10.2. The van der Waals surface area contributed by atoms with Crippen LogP contribution in [0.15, 0.2) is 12.3 Å². The highest BCUT2D eigenvalue weighted by molar-refractivity contribution is 4.77. The zero-order chi connectivity index (χ0) is 6.24. The summed E-state index contributed by atoms with van der Waals surface area (Å²) in [6.07, 6.45) is 5.08. The molecule has 2 heteroatoms. The van der Waals surface area contributed by atoms with Crippen LogP contribution >= 0.6 is 0 Å². The van der Waals surface area contributed by atoms with Crippen molar-refractivity contribution in [3.05, 3.63) is 12.3 Å². The first-order chi connectivity index (χ1) is 3.91. The Morgan fingerprint density at radius 2 is 2.38 bits per heavy atom. The van der Waals surface area contributed by atoms with Gasteiger partial charge in [0.25, 0.3) is 0 Å². The lowest BCUT2D eigenvalue weighted by Crippen LogP contribution is -2.16. The van der Waals surface area contributed by atoms with E-state index in [2.05, 4.69) is 18.3 Å². The summed E-state index contributed by atoms with van der Waals surface area (Å²) in [4.78, 5) is 0. The molecule has 48 valence electrons. The Hall–Kier alpha value is -0.500. The molecule has 0 atom stereocenters. The summed E-state index contributed by atoms with van der Waals surface area (Å²) in [5, 5.41) is 3.03. The molecule has 0 aliphatic rings. The van der Waals surface area contributed by atoms with E-state index < -0.39 is 0 Å². The van der Waals surface area contributed by atoms with Gasteiger partial charge in [-0.25, -0.2) is 0 Å². The first-order valence-corrected chi connectivity index (χ1v) is 3.00. The molecule has 0 amide bonds. The number of nitrogens with two attached hydrogens (primary N) is 1. The van der Waals surface area contributed by atoms with Crippen LogP contribution in [0.2, 0.25) is 0 Å². The molecule has 0 aliphatic heterocycles. The van der Waals surface area contributed by atoms with Crippen molar-refractivity contribution in [3.63, 3.8) is 0 Å². The highest BCUT2D eigenvalue weighted by atomic mass is 14.8. The molecule has 0 heterocycles. The molecule has 0 aromatic heterocycles. The summed E-state index contributed by atoms with van der Waals surface area (Å²) in [6.45, 7) is 3.67. The van der Waals surface area contributed by atoms with E-state index in [0.29, 0.717) is 6.54 Å². The van der Waals surface area contributed by atoms with Crippen LogP contribution < -0.4 is 11.1 Å². The molecule has 8 heavy (non-hydrogen) atoms. The van der Waals surface area contributed by atoms with Crippen molar-refractivity contribution >= 4 is 0 Å². The topological polar surface area (TPSA) is 38.0 Å². The minimum Gasteiger partial charge on any atom is -0.390 e. The maximum absolute atomic E-state index is 5.21. The van der Waals surface area contributed by atoms with Gasteiger partial charge in [-0.1, -0.05) is 13.0 Å². The maximum atomic E-state index is 5.21. The molecule has 0 radical (unpaired) electrons. The minimum atomic E-state index is 0.702. The molecule has 0 unspecified atom stereocenters. The molecule has 0 rings (SSSR count). The number of rotatable bonds is 4. The third-order valence-electron chi connectivity index (χ3n) is 0.760. The Balaban J connectivity index is 2.80. The van der Waals surface area contributed by atoms with Crippen LogP contribution in [0.5, 0.6) is 0 Å². The Morgan fingerprint density at radius 1 is 1.62 bits per heavy atom. The highest BCUT2D eigenvalue weighted by Crippen LogP contribution is 1.73. The first kappa shape index (κ1) is 7.50. The largest absolute Gasteiger partial charge is 0.390 e. The fourth-order valence-corrected chi connectivity index (χ4v) is 0.368. The van der Waals surface area contributed by atoms with E-state index >= 15 is 0 Å². The fourth-order valence-electron chi connectivity index (χ4n) is 0.368. The molecular weight excluding hydrogens is 100 g/mol. The zero-order valence-corrected chi connectivity index (χ0v) is 5.35. The summed E-state index contributed by atoms with van der Waals surface area (Å²) < 4.78 is 0. The molecule has 3 N–H and O–H groups in total. The molecule has 0 spiro atoms. The average molecular weight is 114 g/mol. The summed E-state index contributed by atoms with van der Waals surface area (Å²) in [6, 6.07) is 0. The summed E-state index contributed by atoms with van der Waals surface area (Å²) in [7, 11) is 0.